The monoisotopic (exact) mass is 450 g/mol. The van der Waals surface area contributed by atoms with Crippen LogP contribution in [0.25, 0.3) is 11.3 Å². The van der Waals surface area contributed by atoms with Crippen LogP contribution in [-0.4, -0.2) is 27.5 Å². The lowest BCUT2D eigenvalue weighted by atomic mass is 9.62. The predicted octanol–water partition coefficient (Wildman–Crippen LogP) is 6.08. The summed E-state index contributed by atoms with van der Waals surface area (Å²) < 4.78 is 8.03. The fourth-order valence-electron chi connectivity index (χ4n) is 6.18. The van der Waals surface area contributed by atoms with Gasteiger partial charge in [-0.2, -0.15) is 0 Å². The van der Waals surface area contributed by atoms with Crippen LogP contribution in [-0.2, 0) is 16.6 Å². The Morgan fingerprint density at radius 3 is 2.78 bits per heavy atom. The quantitative estimate of drug-likeness (QED) is 0.322. The van der Waals surface area contributed by atoms with Gasteiger partial charge in [0.05, 0.1) is 16.9 Å². The Hall–Kier alpha value is -1.85. The van der Waals surface area contributed by atoms with Crippen molar-refractivity contribution >= 4 is 11.8 Å². The van der Waals surface area contributed by atoms with Crippen LogP contribution in [0.3, 0.4) is 0 Å². The van der Waals surface area contributed by atoms with E-state index in [4.69, 9.17) is 9.72 Å². The number of ether oxygens (including phenoxy) is 1. The van der Waals surface area contributed by atoms with E-state index in [1.165, 1.54) is 24.8 Å². The summed E-state index contributed by atoms with van der Waals surface area (Å²) in [7, 11) is 0. The van der Waals surface area contributed by atoms with Gasteiger partial charge in [0, 0.05) is 29.4 Å². The van der Waals surface area contributed by atoms with Crippen molar-refractivity contribution in [2.75, 3.05) is 12.4 Å². The molecule has 2 aromatic rings. The van der Waals surface area contributed by atoms with Gasteiger partial charge in [-0.25, -0.2) is 4.98 Å². The minimum atomic E-state index is -0.228. The zero-order chi connectivity index (χ0) is 22.3. The highest BCUT2D eigenvalue weighted by Gasteiger charge is 2.44. The first-order valence-electron chi connectivity index (χ1n) is 12.1. The van der Waals surface area contributed by atoms with Gasteiger partial charge in [-0.1, -0.05) is 61.4 Å². The molecule has 1 saturated carbocycles. The van der Waals surface area contributed by atoms with Gasteiger partial charge in [-0.3, -0.25) is 9.36 Å². The highest BCUT2D eigenvalue weighted by Crippen LogP contribution is 2.49. The number of hydrogen-bond donors (Lipinski definition) is 0. The number of hydrogen-bond acceptors (Lipinski definition) is 4. The van der Waals surface area contributed by atoms with Gasteiger partial charge in [0.2, 0.25) is 0 Å². The SMILES string of the molecule is C=CCSc1nc2c(c(=O)n1[C@H]1CCOC(C)(C)C1)C1(CCCCC1)Cc1ccccc1-2. The molecule has 32 heavy (non-hydrogen) atoms. The molecule has 1 aromatic carbocycles. The van der Waals surface area contributed by atoms with E-state index in [0.29, 0.717) is 6.61 Å². The van der Waals surface area contributed by atoms with Crippen molar-refractivity contribution in [3.8, 4) is 11.3 Å². The molecule has 2 fully saturated rings. The van der Waals surface area contributed by atoms with Crippen molar-refractivity contribution in [2.45, 2.75) is 87.4 Å². The van der Waals surface area contributed by atoms with Crippen molar-refractivity contribution in [2.24, 2.45) is 0 Å². The lowest BCUT2D eigenvalue weighted by Crippen LogP contribution is -2.45. The van der Waals surface area contributed by atoms with Crippen LogP contribution < -0.4 is 5.56 Å². The Morgan fingerprint density at radius 2 is 2.03 bits per heavy atom. The lowest BCUT2D eigenvalue weighted by Gasteiger charge is -2.43. The second-order valence-corrected chi connectivity index (χ2v) is 11.3. The molecule has 3 aliphatic rings. The molecule has 0 amide bonds. The maximum Gasteiger partial charge on any atom is 0.258 e. The average Bonchev–Trinajstić information content (AvgIpc) is 2.77. The summed E-state index contributed by atoms with van der Waals surface area (Å²) in [6, 6.07) is 8.71. The van der Waals surface area contributed by atoms with Gasteiger partial charge < -0.3 is 4.74 Å². The van der Waals surface area contributed by atoms with E-state index in [1.54, 1.807) is 11.8 Å². The second-order valence-electron chi connectivity index (χ2n) is 10.3. The van der Waals surface area contributed by atoms with Crippen LogP contribution >= 0.6 is 11.8 Å². The molecule has 1 aliphatic heterocycles. The maximum atomic E-state index is 14.4. The molecule has 170 valence electrons. The molecule has 1 aromatic heterocycles. The molecule has 0 radical (unpaired) electrons. The molecule has 1 atom stereocenters. The number of fused-ring (bicyclic) bond motifs is 4. The summed E-state index contributed by atoms with van der Waals surface area (Å²) in [6.07, 6.45) is 10.4. The van der Waals surface area contributed by atoms with Crippen molar-refractivity contribution in [1.29, 1.82) is 0 Å². The molecule has 0 N–H and O–H groups in total. The number of aromatic nitrogens is 2. The van der Waals surface area contributed by atoms with E-state index in [1.807, 2.05) is 10.6 Å². The Bertz CT molecular complexity index is 1080. The summed E-state index contributed by atoms with van der Waals surface area (Å²) in [5.41, 5.74) is 4.31. The molecular weight excluding hydrogens is 416 g/mol. The largest absolute Gasteiger partial charge is 0.375 e. The van der Waals surface area contributed by atoms with Crippen molar-refractivity contribution in [3.05, 3.63) is 58.4 Å². The van der Waals surface area contributed by atoms with Gasteiger partial charge in [0.25, 0.3) is 5.56 Å². The van der Waals surface area contributed by atoms with Crippen LogP contribution in [0, 0.1) is 0 Å². The Balaban J connectivity index is 1.75. The summed E-state index contributed by atoms with van der Waals surface area (Å²) in [4.78, 5) is 19.7. The first-order chi connectivity index (χ1) is 15.4. The molecular formula is C27H34N2O2S. The standard InChI is InChI=1S/C27H34N2O2S/c1-4-16-32-25-28-23-21-11-7-6-10-19(21)17-27(13-8-5-9-14-27)22(23)24(30)29(25)20-12-15-31-26(2,3)18-20/h4,6-7,10-11,20H,1,5,8-9,12-18H2,2-3H3/t20-/m0/s1. The van der Waals surface area contributed by atoms with Crippen LogP contribution in [0.15, 0.2) is 46.9 Å². The fourth-order valence-corrected chi connectivity index (χ4v) is 6.97. The van der Waals surface area contributed by atoms with Gasteiger partial charge >= 0.3 is 0 Å². The third-order valence-electron chi connectivity index (χ3n) is 7.59. The molecule has 4 nitrogen and oxygen atoms in total. The normalized spacial score (nSPS) is 23.4. The summed E-state index contributed by atoms with van der Waals surface area (Å²) >= 11 is 1.63. The maximum absolute atomic E-state index is 14.4. The average molecular weight is 451 g/mol. The molecule has 2 heterocycles. The molecule has 0 bridgehead atoms. The van der Waals surface area contributed by atoms with Crippen molar-refractivity contribution in [1.82, 2.24) is 9.55 Å². The molecule has 2 aliphatic carbocycles. The van der Waals surface area contributed by atoms with E-state index in [2.05, 4.69) is 44.7 Å². The number of thioether (sulfide) groups is 1. The van der Waals surface area contributed by atoms with Crippen LogP contribution in [0.2, 0.25) is 0 Å². The smallest absolute Gasteiger partial charge is 0.258 e. The second kappa shape index (κ2) is 8.49. The Kier molecular flexibility index (Phi) is 5.83. The number of rotatable bonds is 4. The first-order valence-corrected chi connectivity index (χ1v) is 13.1. The van der Waals surface area contributed by atoms with E-state index in [9.17, 15) is 4.79 Å². The number of nitrogens with zero attached hydrogens (tertiary/aromatic N) is 2. The highest BCUT2D eigenvalue weighted by molar-refractivity contribution is 7.99. The third kappa shape index (κ3) is 3.77. The van der Waals surface area contributed by atoms with Crippen LogP contribution in [0.5, 0.6) is 0 Å². The van der Waals surface area contributed by atoms with E-state index in [0.717, 1.165) is 59.8 Å². The van der Waals surface area contributed by atoms with E-state index in [-0.39, 0.29) is 22.6 Å². The first kappa shape index (κ1) is 22.0. The number of benzene rings is 1. The highest BCUT2D eigenvalue weighted by atomic mass is 32.2. The molecule has 0 unspecified atom stereocenters. The van der Waals surface area contributed by atoms with Crippen molar-refractivity contribution < 1.29 is 4.74 Å². The van der Waals surface area contributed by atoms with Crippen molar-refractivity contribution in [3.63, 3.8) is 0 Å². The zero-order valence-corrected chi connectivity index (χ0v) is 20.2. The summed E-state index contributed by atoms with van der Waals surface area (Å²) in [5.74, 6) is 0.741. The Morgan fingerprint density at radius 1 is 1.25 bits per heavy atom. The van der Waals surface area contributed by atoms with E-state index >= 15 is 0 Å². The predicted molar refractivity (Wildman–Crippen MR) is 132 cm³/mol. The summed E-state index contributed by atoms with van der Waals surface area (Å²) in [6.45, 7) is 8.84. The fraction of sp³-hybridized carbons (Fsp3) is 0.556. The van der Waals surface area contributed by atoms with Crippen LogP contribution in [0.4, 0.5) is 0 Å². The van der Waals surface area contributed by atoms with Gasteiger partial charge in [0.1, 0.15) is 0 Å². The summed E-state index contributed by atoms with van der Waals surface area (Å²) in [5, 5.41) is 0.832. The molecule has 1 spiro atoms. The molecule has 5 heteroatoms. The topological polar surface area (TPSA) is 44.1 Å². The molecule has 5 rings (SSSR count). The molecule has 1 saturated heterocycles. The minimum absolute atomic E-state index is 0.0733. The van der Waals surface area contributed by atoms with E-state index < -0.39 is 0 Å². The van der Waals surface area contributed by atoms with Gasteiger partial charge in [0.15, 0.2) is 5.16 Å². The lowest BCUT2D eigenvalue weighted by molar-refractivity contribution is -0.0710. The van der Waals surface area contributed by atoms with Crippen LogP contribution in [0.1, 0.15) is 76.0 Å². The Labute approximate surface area is 195 Å². The van der Waals surface area contributed by atoms with Gasteiger partial charge in [-0.15, -0.1) is 6.58 Å². The third-order valence-corrected chi connectivity index (χ3v) is 8.54. The van der Waals surface area contributed by atoms with Gasteiger partial charge in [-0.05, 0) is 51.5 Å². The minimum Gasteiger partial charge on any atom is -0.375 e. The zero-order valence-electron chi connectivity index (χ0n) is 19.4.